The van der Waals surface area contributed by atoms with Gasteiger partial charge >= 0.3 is 0 Å². The summed E-state index contributed by atoms with van der Waals surface area (Å²) in [6, 6.07) is 5.58. The van der Waals surface area contributed by atoms with E-state index in [0.717, 1.165) is 6.07 Å². The van der Waals surface area contributed by atoms with Gasteiger partial charge in [0.2, 0.25) is 0 Å². The lowest BCUT2D eigenvalue weighted by Gasteiger charge is -2.05. The number of carbonyl (C=O) groups excluding carboxylic acids is 1. The highest BCUT2D eigenvalue weighted by molar-refractivity contribution is 6.06. The molecule has 0 radical (unpaired) electrons. The van der Waals surface area contributed by atoms with Crippen LogP contribution in [0, 0.1) is 17.1 Å². The molecule has 0 atom stereocenters. The lowest BCUT2D eigenvalue weighted by Crippen LogP contribution is -2.15. The molecule has 3 N–H and O–H groups in total. The first kappa shape index (κ1) is 13.5. The summed E-state index contributed by atoms with van der Waals surface area (Å²) in [6.07, 6.45) is 1.53. The Morgan fingerprint density at radius 3 is 2.90 bits per heavy atom. The first-order chi connectivity index (χ1) is 9.55. The third-order valence-electron chi connectivity index (χ3n) is 2.68. The summed E-state index contributed by atoms with van der Waals surface area (Å²) < 4.78 is 15.2. The summed E-state index contributed by atoms with van der Waals surface area (Å²) in [5, 5.41) is 15.0. The molecule has 102 valence electrons. The van der Waals surface area contributed by atoms with Crippen LogP contribution in [0.2, 0.25) is 0 Å². The lowest BCUT2D eigenvalue weighted by atomic mass is 10.2. The van der Waals surface area contributed by atoms with Gasteiger partial charge in [-0.15, -0.1) is 0 Å². The van der Waals surface area contributed by atoms with Crippen LogP contribution >= 0.6 is 0 Å². The number of hydrogen-bond donors (Lipinski definition) is 2. The topological polar surface area (TPSA) is 96.7 Å². The van der Waals surface area contributed by atoms with E-state index in [1.54, 1.807) is 0 Å². The third kappa shape index (κ3) is 2.59. The number of nitriles is 1. The second-order valence-electron chi connectivity index (χ2n) is 4.05. The molecular formula is C13H12FN5O. The van der Waals surface area contributed by atoms with Gasteiger partial charge < -0.3 is 11.1 Å². The molecular weight excluding hydrogens is 261 g/mol. The van der Waals surface area contributed by atoms with Crippen molar-refractivity contribution in [3.05, 3.63) is 41.5 Å². The fourth-order valence-corrected chi connectivity index (χ4v) is 1.64. The molecule has 6 nitrogen and oxygen atoms in total. The van der Waals surface area contributed by atoms with Crippen LogP contribution in [0.25, 0.3) is 0 Å². The summed E-state index contributed by atoms with van der Waals surface area (Å²) in [6.45, 7) is 2.43. The van der Waals surface area contributed by atoms with E-state index >= 15 is 0 Å². The second kappa shape index (κ2) is 5.40. The van der Waals surface area contributed by atoms with E-state index in [4.69, 9.17) is 11.0 Å². The number of amides is 1. The van der Waals surface area contributed by atoms with Crippen molar-refractivity contribution in [1.82, 2.24) is 9.78 Å². The SMILES string of the molecule is CCn1cc(N)c(C(=O)Nc2ccc(C#N)cc2F)n1. The van der Waals surface area contributed by atoms with Crippen LogP contribution in [0.3, 0.4) is 0 Å². The first-order valence-electron chi connectivity index (χ1n) is 5.89. The van der Waals surface area contributed by atoms with Gasteiger partial charge in [0.05, 0.1) is 23.0 Å². The number of halogens is 1. The summed E-state index contributed by atoms with van der Waals surface area (Å²) in [5.74, 6) is -1.29. The number of nitrogens with one attached hydrogen (secondary N) is 1. The summed E-state index contributed by atoms with van der Waals surface area (Å²) >= 11 is 0. The van der Waals surface area contributed by atoms with E-state index in [1.165, 1.54) is 23.0 Å². The second-order valence-corrected chi connectivity index (χ2v) is 4.05. The number of aromatic nitrogens is 2. The lowest BCUT2D eigenvalue weighted by molar-refractivity contribution is 0.102. The number of carbonyl (C=O) groups is 1. The quantitative estimate of drug-likeness (QED) is 0.890. The molecule has 1 aromatic carbocycles. The minimum Gasteiger partial charge on any atom is -0.396 e. The zero-order valence-corrected chi connectivity index (χ0v) is 10.7. The van der Waals surface area contributed by atoms with Crippen molar-refractivity contribution in [3.8, 4) is 6.07 Å². The molecule has 0 aliphatic rings. The van der Waals surface area contributed by atoms with Gasteiger partial charge in [-0.3, -0.25) is 9.48 Å². The standard InChI is InChI=1S/C13H12FN5O/c1-2-19-7-10(16)12(18-19)13(20)17-11-4-3-8(6-15)5-9(11)14/h3-5,7H,2,16H2,1H3,(H,17,20). The Bertz CT molecular complexity index is 701. The maximum atomic E-state index is 13.7. The Morgan fingerprint density at radius 2 is 2.35 bits per heavy atom. The predicted octanol–water partition coefficient (Wildman–Crippen LogP) is 1.75. The van der Waals surface area contributed by atoms with Gasteiger partial charge in [-0.1, -0.05) is 0 Å². The monoisotopic (exact) mass is 273 g/mol. The molecule has 0 fully saturated rings. The highest BCUT2D eigenvalue weighted by Gasteiger charge is 2.16. The smallest absolute Gasteiger partial charge is 0.278 e. The van der Waals surface area contributed by atoms with Crippen LogP contribution in [0.1, 0.15) is 23.0 Å². The normalized spacial score (nSPS) is 10.1. The van der Waals surface area contributed by atoms with Gasteiger partial charge in [0.25, 0.3) is 5.91 Å². The molecule has 0 spiro atoms. The van der Waals surface area contributed by atoms with Gasteiger partial charge in [-0.25, -0.2) is 4.39 Å². The molecule has 0 aliphatic heterocycles. The molecule has 2 rings (SSSR count). The van der Waals surface area contributed by atoms with Crippen LogP contribution in [-0.4, -0.2) is 15.7 Å². The number of nitrogens with two attached hydrogens (primary N) is 1. The highest BCUT2D eigenvalue weighted by atomic mass is 19.1. The molecule has 1 amide bonds. The van der Waals surface area contributed by atoms with Crippen molar-refractivity contribution >= 4 is 17.3 Å². The minimum atomic E-state index is -0.689. The van der Waals surface area contributed by atoms with E-state index in [2.05, 4.69) is 10.4 Å². The number of nitrogens with zero attached hydrogens (tertiary/aromatic N) is 3. The Balaban J connectivity index is 2.23. The number of aryl methyl sites for hydroxylation is 1. The summed E-state index contributed by atoms with van der Waals surface area (Å²) in [4.78, 5) is 12.0. The van der Waals surface area contributed by atoms with Crippen molar-refractivity contribution in [2.45, 2.75) is 13.5 Å². The van der Waals surface area contributed by atoms with Gasteiger partial charge in [0.1, 0.15) is 5.82 Å². The number of anilines is 2. The number of hydrogen-bond acceptors (Lipinski definition) is 4. The van der Waals surface area contributed by atoms with Crippen LogP contribution in [0.15, 0.2) is 24.4 Å². The fourth-order valence-electron chi connectivity index (χ4n) is 1.64. The van der Waals surface area contributed by atoms with Crippen LogP contribution in [0.4, 0.5) is 15.8 Å². The Hall–Kier alpha value is -2.88. The Labute approximate surface area is 114 Å². The number of rotatable bonds is 3. The van der Waals surface area contributed by atoms with E-state index in [0.29, 0.717) is 6.54 Å². The number of nitrogen functional groups attached to an aromatic ring is 1. The van der Waals surface area contributed by atoms with Crippen LogP contribution < -0.4 is 11.1 Å². The van der Waals surface area contributed by atoms with Crippen molar-refractivity contribution in [3.63, 3.8) is 0 Å². The average Bonchev–Trinajstić information content (AvgIpc) is 2.82. The van der Waals surface area contributed by atoms with Crippen molar-refractivity contribution in [2.75, 3.05) is 11.1 Å². The molecule has 0 saturated carbocycles. The highest BCUT2D eigenvalue weighted by Crippen LogP contribution is 2.17. The molecule has 0 unspecified atom stereocenters. The summed E-state index contributed by atoms with van der Waals surface area (Å²) in [5.41, 5.74) is 6.08. The van der Waals surface area contributed by atoms with Crippen LogP contribution in [-0.2, 0) is 6.54 Å². The Kier molecular flexibility index (Phi) is 3.66. The molecule has 0 aliphatic carbocycles. The fraction of sp³-hybridized carbons (Fsp3) is 0.154. The Morgan fingerprint density at radius 1 is 1.60 bits per heavy atom. The molecule has 20 heavy (non-hydrogen) atoms. The average molecular weight is 273 g/mol. The van der Waals surface area contributed by atoms with E-state index in [1.807, 2.05) is 13.0 Å². The van der Waals surface area contributed by atoms with Crippen molar-refractivity contribution in [2.24, 2.45) is 0 Å². The third-order valence-corrected chi connectivity index (χ3v) is 2.68. The molecule has 2 aromatic rings. The molecule has 1 heterocycles. The van der Waals surface area contributed by atoms with E-state index < -0.39 is 11.7 Å². The molecule has 0 saturated heterocycles. The van der Waals surface area contributed by atoms with Crippen LogP contribution in [0.5, 0.6) is 0 Å². The summed E-state index contributed by atoms with van der Waals surface area (Å²) in [7, 11) is 0. The largest absolute Gasteiger partial charge is 0.396 e. The van der Waals surface area contributed by atoms with Crippen molar-refractivity contribution in [1.29, 1.82) is 5.26 Å². The van der Waals surface area contributed by atoms with E-state index in [-0.39, 0.29) is 22.6 Å². The zero-order valence-electron chi connectivity index (χ0n) is 10.7. The van der Waals surface area contributed by atoms with Gasteiger partial charge in [0, 0.05) is 12.7 Å². The maximum Gasteiger partial charge on any atom is 0.278 e. The molecule has 0 bridgehead atoms. The van der Waals surface area contributed by atoms with Gasteiger partial charge in [-0.2, -0.15) is 10.4 Å². The molecule has 1 aromatic heterocycles. The minimum absolute atomic E-state index is 0.0283. The predicted molar refractivity (Wildman–Crippen MR) is 71.4 cm³/mol. The van der Waals surface area contributed by atoms with E-state index in [9.17, 15) is 9.18 Å². The van der Waals surface area contributed by atoms with Crippen molar-refractivity contribution < 1.29 is 9.18 Å². The van der Waals surface area contributed by atoms with Gasteiger partial charge in [0.15, 0.2) is 5.69 Å². The maximum absolute atomic E-state index is 13.7. The molecule has 7 heteroatoms. The first-order valence-corrected chi connectivity index (χ1v) is 5.89. The zero-order chi connectivity index (χ0) is 14.7. The van der Waals surface area contributed by atoms with Gasteiger partial charge in [-0.05, 0) is 25.1 Å². The number of benzene rings is 1.